The number of aromatic amines is 1. The molecule has 6 aromatic carbocycles. The number of aryl methyl sites for hydroxylation is 6. The Morgan fingerprint density at radius 2 is 1.01 bits per heavy atom. The Balaban J connectivity index is 0.000000143. The number of nitrogens with one attached hydrogen (secondary N) is 4. The number of carbonyl (C=O) groups excluding carboxylic acids is 1. The number of nitriles is 1. The quantitative estimate of drug-likeness (QED) is 0.0574. The van der Waals surface area contributed by atoms with Gasteiger partial charge in [-0.15, -0.1) is 0 Å². The Labute approximate surface area is 551 Å². The van der Waals surface area contributed by atoms with Crippen molar-refractivity contribution >= 4 is 73.4 Å². The number of fused-ring (bicyclic) bond motifs is 6. The number of benzene rings is 6. The first kappa shape index (κ1) is 62.5. The summed E-state index contributed by atoms with van der Waals surface area (Å²) in [7, 11) is 0. The normalized spacial score (nSPS) is 12.8. The van der Waals surface area contributed by atoms with E-state index in [1.54, 1.807) is 6.07 Å². The monoisotopic (exact) mass is 1260 g/mol. The second-order valence-electron chi connectivity index (χ2n) is 23.5. The van der Waals surface area contributed by atoms with Gasteiger partial charge in [-0.25, -0.2) is 24.8 Å². The van der Waals surface area contributed by atoms with E-state index in [1.165, 1.54) is 52.6 Å². The molecular formula is C76H78ClN15O. The molecule has 0 saturated carbocycles. The van der Waals surface area contributed by atoms with Gasteiger partial charge in [0.1, 0.15) is 17.5 Å². The van der Waals surface area contributed by atoms with Crippen molar-refractivity contribution in [3.8, 4) is 18.0 Å². The molecule has 0 aliphatic heterocycles. The van der Waals surface area contributed by atoms with E-state index in [0.717, 1.165) is 161 Å². The third-order valence-corrected chi connectivity index (χ3v) is 17.3. The van der Waals surface area contributed by atoms with Gasteiger partial charge >= 0.3 is 0 Å². The summed E-state index contributed by atoms with van der Waals surface area (Å²) in [6.45, 7) is 15.2. The SMILES string of the molecule is C.Cc1cc2c(C#N)cccc2n1-c1nc2c(c(NCc3ccccc3)n1)CCCC2.Cc1cc2c(C(N)=O)cccc2n1-c1nc2c(c(NCc3ccccc3)n1)CCCC2.Clc1nc2c(c(NCc3ccccc3)n1)CCCC2.[3H][3H].[C-]#[N+]c1cccc2[nH]c(C)cc12. The van der Waals surface area contributed by atoms with Gasteiger partial charge < -0.3 is 26.7 Å². The van der Waals surface area contributed by atoms with Gasteiger partial charge in [0.05, 0.1) is 46.3 Å². The lowest BCUT2D eigenvalue weighted by Crippen LogP contribution is -2.16. The summed E-state index contributed by atoms with van der Waals surface area (Å²) < 4.78 is 14.1. The predicted molar refractivity (Wildman–Crippen MR) is 377 cm³/mol. The average Bonchev–Trinajstić information content (AvgIpc) is 1.71. The lowest BCUT2D eigenvalue weighted by Gasteiger charge is -2.21. The van der Waals surface area contributed by atoms with Crippen molar-refractivity contribution in [1.82, 2.24) is 44.0 Å². The van der Waals surface area contributed by atoms with E-state index in [9.17, 15) is 10.1 Å². The lowest BCUT2D eigenvalue weighted by atomic mass is 9.96. The first-order valence-electron chi connectivity index (χ1n) is 32.6. The Morgan fingerprint density at radius 1 is 0.570 bits per heavy atom. The molecule has 0 atom stereocenters. The zero-order valence-corrected chi connectivity index (χ0v) is 52.8. The van der Waals surface area contributed by atoms with Crippen molar-refractivity contribution in [2.24, 2.45) is 5.73 Å². The highest BCUT2D eigenvalue weighted by atomic mass is 35.5. The summed E-state index contributed by atoms with van der Waals surface area (Å²) in [4.78, 5) is 47.1. The minimum absolute atomic E-state index is 0. The number of aromatic nitrogens is 9. The molecular weight excluding hydrogens is 1170 g/mol. The number of nitrogens with two attached hydrogens (primary N) is 1. The molecule has 3 aliphatic rings. The second kappa shape index (κ2) is 29.5. The first-order valence-corrected chi connectivity index (χ1v) is 31.9. The molecule has 0 unspecified atom stereocenters. The molecule has 1 amide bonds. The van der Waals surface area contributed by atoms with Crippen LogP contribution in [0.3, 0.4) is 0 Å². The molecule has 6 N–H and O–H groups in total. The Bertz CT molecular complexity index is 4730. The molecule has 6 heterocycles. The van der Waals surface area contributed by atoms with E-state index in [4.69, 9.17) is 46.8 Å². The molecule has 3 aliphatic carbocycles. The summed E-state index contributed by atoms with van der Waals surface area (Å²) in [5, 5.41) is 23.1. The lowest BCUT2D eigenvalue weighted by molar-refractivity contribution is 0.100. The van der Waals surface area contributed by atoms with Crippen LogP contribution in [0.1, 0.15) is 132 Å². The molecule has 16 nitrogen and oxygen atoms in total. The van der Waals surface area contributed by atoms with Crippen molar-refractivity contribution in [2.45, 2.75) is 125 Å². The third kappa shape index (κ3) is 14.6. The maximum atomic E-state index is 11.9. The minimum Gasteiger partial charge on any atom is -0.366 e. The van der Waals surface area contributed by atoms with Crippen molar-refractivity contribution in [3.05, 3.63) is 259 Å². The van der Waals surface area contributed by atoms with Crippen molar-refractivity contribution in [1.29, 1.82) is 5.26 Å². The van der Waals surface area contributed by atoms with Crippen LogP contribution in [-0.4, -0.2) is 49.9 Å². The number of H-pyrrole nitrogens is 1. The molecule has 0 bridgehead atoms. The molecule has 0 fully saturated rings. The molecule has 93 heavy (non-hydrogen) atoms. The summed E-state index contributed by atoms with van der Waals surface area (Å²) in [5.41, 5.74) is 24.2. The fraction of sp³-hybridized carbons (Fsp3) is 0.250. The van der Waals surface area contributed by atoms with Gasteiger partial charge in [0.15, 0.2) is 5.69 Å². The van der Waals surface area contributed by atoms with E-state index in [-0.39, 0.29) is 7.43 Å². The maximum absolute atomic E-state index is 11.9. The smallest absolute Gasteiger partial charge is 0.249 e. The van der Waals surface area contributed by atoms with E-state index in [2.05, 4.69) is 94.9 Å². The molecule has 15 rings (SSSR count). The number of nitrogens with zero attached hydrogens (tertiary/aromatic N) is 10. The first-order chi connectivity index (χ1) is 46.0. The summed E-state index contributed by atoms with van der Waals surface area (Å²) >= 11 is 6.00. The van der Waals surface area contributed by atoms with Gasteiger partial charge in [-0.05, 0) is 175 Å². The summed E-state index contributed by atoms with van der Waals surface area (Å²) in [6.07, 6.45) is 13.0. The van der Waals surface area contributed by atoms with Crippen LogP contribution in [0.25, 0.3) is 49.5 Å². The molecule has 6 aromatic heterocycles. The number of carbonyl (C=O) groups is 1. The van der Waals surface area contributed by atoms with Gasteiger partial charge in [-0.3, -0.25) is 13.9 Å². The number of primary amides is 1. The van der Waals surface area contributed by atoms with Crippen molar-refractivity contribution < 1.29 is 7.76 Å². The molecule has 0 radical (unpaired) electrons. The molecule has 470 valence electrons. The van der Waals surface area contributed by atoms with Gasteiger partial charge in [0.25, 0.3) is 0 Å². The standard InChI is InChI=1S/C25H25N5O.C25H23N5.C15H16ClN3.C10H8N2.CH4.H2/c1-16-14-20-18(23(26)31)11-7-13-22(20)30(16)25-28-21-12-6-5-10-19(21)24(29-25)27-15-17-8-3-2-4-9-17;1-17-14-21-19(15-26)10-7-13-23(21)30(17)25-28-22-12-6-5-11-20(22)24(29-25)27-16-18-8-3-2-4-9-18;16-15-18-13-9-5-4-8-12(13)14(19-15)17-10-11-6-2-1-3-7-11;1-7-6-8-9(11-2)4-3-5-10(8)12-7;;/h2-4,7-9,11,13-14H,5-6,10,12,15H2,1H3,(H2,26,31)(H,27,28,29);2-4,7-10,13-14H,5-6,11-12,16H2,1H3,(H,27,28,29);1-3,6-7H,4-5,8-10H2,(H,17,18,19);3-6,12H,1H3;1H4;1H/i;;;;;1+2T. The number of anilines is 3. The van der Waals surface area contributed by atoms with Gasteiger partial charge in [-0.2, -0.15) is 15.2 Å². The van der Waals surface area contributed by atoms with Gasteiger partial charge in [0.2, 0.25) is 23.1 Å². The number of rotatable bonds is 12. The van der Waals surface area contributed by atoms with Crippen LogP contribution < -0.4 is 21.7 Å². The summed E-state index contributed by atoms with van der Waals surface area (Å²) in [5.74, 6) is 3.60. The highest BCUT2D eigenvalue weighted by Gasteiger charge is 2.24. The zero-order chi connectivity index (χ0) is 65.5. The number of amides is 1. The number of halogens is 1. The van der Waals surface area contributed by atoms with Crippen LogP contribution in [0.15, 0.2) is 164 Å². The fourth-order valence-electron chi connectivity index (χ4n) is 12.7. The molecule has 0 spiro atoms. The Morgan fingerprint density at radius 3 is 1.49 bits per heavy atom. The van der Waals surface area contributed by atoms with E-state index in [1.807, 2.05) is 135 Å². The van der Waals surface area contributed by atoms with Crippen molar-refractivity contribution in [2.75, 3.05) is 16.0 Å². The second-order valence-corrected chi connectivity index (χ2v) is 23.8. The minimum atomic E-state index is -0.431. The van der Waals surface area contributed by atoms with Crippen LogP contribution in [0.2, 0.25) is 5.28 Å². The third-order valence-electron chi connectivity index (χ3n) is 17.1. The number of hydrogen-bond donors (Lipinski definition) is 5. The molecule has 12 aromatic rings. The molecule has 0 saturated heterocycles. The van der Waals surface area contributed by atoms with Crippen LogP contribution in [0, 0.1) is 38.7 Å². The zero-order valence-electron chi connectivity index (χ0n) is 54.0. The molecule has 17 heteroatoms. The topological polar surface area (TPSA) is 210 Å². The van der Waals surface area contributed by atoms with E-state index < -0.39 is 5.91 Å². The van der Waals surface area contributed by atoms with Crippen LogP contribution >= 0.6 is 11.6 Å². The predicted octanol–water partition coefficient (Wildman–Crippen LogP) is 16.9. The average molecular weight is 1260 g/mol. The van der Waals surface area contributed by atoms with Crippen LogP contribution in [0.4, 0.5) is 23.1 Å². The Kier molecular flexibility index (Phi) is 19.8. The summed E-state index contributed by atoms with van der Waals surface area (Å²) in [6, 6.07) is 56.5. The van der Waals surface area contributed by atoms with Gasteiger partial charge in [0, 0.05) is 83.6 Å². The maximum Gasteiger partial charge on any atom is 0.249 e. The highest BCUT2D eigenvalue weighted by Crippen LogP contribution is 2.34. The van der Waals surface area contributed by atoms with Crippen LogP contribution in [0.5, 0.6) is 0 Å². The van der Waals surface area contributed by atoms with Crippen LogP contribution in [-0.2, 0) is 58.2 Å². The highest BCUT2D eigenvalue weighted by molar-refractivity contribution is 6.28. The Hall–Kier alpha value is -10.7. The largest absolute Gasteiger partial charge is 0.366 e. The fourth-order valence-corrected chi connectivity index (χ4v) is 12.8. The van der Waals surface area contributed by atoms with E-state index in [0.29, 0.717) is 34.9 Å². The van der Waals surface area contributed by atoms with Crippen molar-refractivity contribution in [3.63, 3.8) is 0 Å². The number of hydrogen-bond acceptors (Lipinski definition) is 11. The van der Waals surface area contributed by atoms with E-state index >= 15 is 0 Å². The van der Waals surface area contributed by atoms with Gasteiger partial charge in [-0.1, -0.05) is 123 Å².